The molecule has 0 aromatic carbocycles. The van der Waals surface area contributed by atoms with Gasteiger partial charge < -0.3 is 70.9 Å². The van der Waals surface area contributed by atoms with Crippen LogP contribution in [0.3, 0.4) is 0 Å². The van der Waals surface area contributed by atoms with Crippen LogP contribution in [0.1, 0.15) is 0 Å². The normalized spacial score (nSPS) is 4.80. The van der Waals surface area contributed by atoms with Gasteiger partial charge in [-0.05, 0) is 0 Å². The van der Waals surface area contributed by atoms with Gasteiger partial charge in [-0.15, -0.1) is 0 Å². The Balaban J connectivity index is -0.0000000112. The minimum atomic E-state index is 0. The molecule has 15 heavy (non-hydrogen) atoms. The topological polar surface area (TPSA) is 104 Å². The van der Waals surface area contributed by atoms with Crippen LogP contribution in [0.4, 0.5) is 0 Å². The SMILES string of the molecule is II.II.NCCN.NCCN.[Cu+2].[I-].[I-]. The number of hydrogen-bond acceptors (Lipinski definition) is 4. The molecule has 0 amide bonds. The Bertz CT molecular complexity index is 35.1. The molecule has 0 aliphatic carbocycles. The van der Waals surface area contributed by atoms with Crippen LogP contribution in [-0.2, 0) is 17.1 Å². The fourth-order valence-corrected chi connectivity index (χ4v) is 0. The zero-order chi connectivity index (χ0) is 10.8. The first-order valence-corrected chi connectivity index (χ1v) is 15.5. The Hall–Kier alpha value is 4.74. The van der Waals surface area contributed by atoms with Crippen LogP contribution < -0.4 is 70.9 Å². The second-order valence-electron chi connectivity index (χ2n) is 1.15. The first kappa shape index (κ1) is 42.7. The summed E-state index contributed by atoms with van der Waals surface area (Å²) in [6.45, 7) is 2.39. The van der Waals surface area contributed by atoms with Crippen molar-refractivity contribution in [2.45, 2.75) is 0 Å². The van der Waals surface area contributed by atoms with Crippen molar-refractivity contribution in [3.8, 4) is 0 Å². The molecule has 4 nitrogen and oxygen atoms in total. The van der Waals surface area contributed by atoms with E-state index in [1.807, 2.05) is 0 Å². The van der Waals surface area contributed by atoms with Gasteiger partial charge in [0.2, 0.25) is 0 Å². The second-order valence-corrected chi connectivity index (χ2v) is 1.15. The van der Waals surface area contributed by atoms with Gasteiger partial charge in [0, 0.05) is 101 Å². The van der Waals surface area contributed by atoms with Crippen molar-refractivity contribution in [2.24, 2.45) is 22.9 Å². The van der Waals surface area contributed by atoms with Crippen molar-refractivity contribution in [3.05, 3.63) is 0 Å². The summed E-state index contributed by atoms with van der Waals surface area (Å²) in [4.78, 5) is 0. The summed E-state index contributed by atoms with van der Waals surface area (Å²) in [6.07, 6.45) is 0. The molecule has 0 rings (SSSR count). The molecule has 0 saturated heterocycles. The number of rotatable bonds is 2. The van der Waals surface area contributed by atoms with Gasteiger partial charge >= 0.3 is 17.1 Å². The maximum absolute atomic E-state index is 4.90. The predicted molar refractivity (Wildman–Crippen MR) is 92.3 cm³/mol. The third kappa shape index (κ3) is 116. The van der Waals surface area contributed by atoms with E-state index in [-0.39, 0.29) is 65.0 Å². The van der Waals surface area contributed by atoms with Crippen molar-refractivity contribution in [3.63, 3.8) is 0 Å². The summed E-state index contributed by atoms with van der Waals surface area (Å²) < 4.78 is 0. The zero-order valence-electron chi connectivity index (χ0n) is 7.71. The van der Waals surface area contributed by atoms with Gasteiger partial charge in [-0.3, -0.25) is 0 Å². The first-order valence-electron chi connectivity index (χ1n) is 2.92. The second kappa shape index (κ2) is 77.2. The molecule has 0 spiro atoms. The molecule has 0 fully saturated rings. The molecular weight excluding hydrogens is 929 g/mol. The van der Waals surface area contributed by atoms with Gasteiger partial charge in [0.05, 0.1) is 0 Å². The van der Waals surface area contributed by atoms with E-state index in [9.17, 15) is 0 Å². The summed E-state index contributed by atoms with van der Waals surface area (Å²) >= 11 is 8.48. The molecule has 0 aliphatic rings. The van der Waals surface area contributed by atoms with E-state index < -0.39 is 0 Å². The number of hydrogen-bond donors (Lipinski definition) is 4. The van der Waals surface area contributed by atoms with Crippen molar-refractivity contribution < 1.29 is 65.0 Å². The van der Waals surface area contributed by atoms with Crippen molar-refractivity contribution in [1.29, 1.82) is 0 Å². The largest absolute Gasteiger partial charge is 2.00 e. The molecule has 0 atom stereocenters. The predicted octanol–water partition coefficient (Wildman–Crippen LogP) is -4.64. The third-order valence-electron chi connectivity index (χ3n) is 0.333. The third-order valence-corrected chi connectivity index (χ3v) is 0.333. The summed E-state index contributed by atoms with van der Waals surface area (Å²) in [7, 11) is 0. The van der Waals surface area contributed by atoms with Gasteiger partial charge in [-0.2, -0.15) is 0 Å². The summed E-state index contributed by atoms with van der Waals surface area (Å²) in [6, 6.07) is 0. The Labute approximate surface area is 184 Å². The zero-order valence-corrected chi connectivity index (χ0v) is 21.6. The van der Waals surface area contributed by atoms with Crippen LogP contribution in [0, 0.1) is 0 Å². The fourth-order valence-electron chi connectivity index (χ4n) is 0. The minimum absolute atomic E-state index is 0. The van der Waals surface area contributed by atoms with E-state index >= 15 is 0 Å². The van der Waals surface area contributed by atoms with Crippen LogP contribution in [0.15, 0.2) is 0 Å². The van der Waals surface area contributed by atoms with Crippen LogP contribution >= 0.6 is 74.5 Å². The molecule has 8 N–H and O–H groups in total. The van der Waals surface area contributed by atoms with Gasteiger partial charge in [-0.1, -0.05) is 0 Å². The van der Waals surface area contributed by atoms with Crippen LogP contribution in [0.2, 0.25) is 0 Å². The Morgan fingerprint density at radius 2 is 0.600 bits per heavy atom. The van der Waals surface area contributed by atoms with Gasteiger partial charge in [0.15, 0.2) is 0 Å². The summed E-state index contributed by atoms with van der Waals surface area (Å²) in [5, 5.41) is 0. The molecule has 1 radical (unpaired) electrons. The molecule has 105 valence electrons. The fraction of sp³-hybridized carbons (Fsp3) is 1.00. The monoisotopic (exact) mass is 944 g/mol. The summed E-state index contributed by atoms with van der Waals surface area (Å²) in [5.41, 5.74) is 19.6. The first-order chi connectivity index (χ1) is 5.83. The Kier molecular flexibility index (Phi) is 220. The van der Waals surface area contributed by atoms with Crippen molar-refractivity contribution in [1.82, 2.24) is 0 Å². The van der Waals surface area contributed by atoms with Gasteiger partial charge in [0.25, 0.3) is 0 Å². The van der Waals surface area contributed by atoms with Gasteiger partial charge in [-0.25, -0.2) is 0 Å². The average Bonchev–Trinajstić information content (AvgIpc) is 2.23. The summed E-state index contributed by atoms with van der Waals surface area (Å²) in [5.74, 6) is 0. The maximum atomic E-state index is 4.90. The quantitative estimate of drug-likeness (QED) is 0.166. The molecule has 0 aliphatic heterocycles. The molecular formula is C4H16CuI6N4. The average molecular weight is 945 g/mol. The molecule has 0 bridgehead atoms. The van der Waals surface area contributed by atoms with Crippen LogP contribution in [0.5, 0.6) is 0 Å². The van der Waals surface area contributed by atoms with Crippen molar-refractivity contribution in [2.75, 3.05) is 26.2 Å². The van der Waals surface area contributed by atoms with E-state index in [1.165, 1.54) is 0 Å². The minimum Gasteiger partial charge on any atom is -1.00 e. The number of halogens is 6. The Morgan fingerprint density at radius 1 is 0.533 bits per heavy atom. The van der Waals surface area contributed by atoms with E-state index in [1.54, 1.807) is 0 Å². The standard InChI is InChI=1S/2C2H8N2.Cu.2I2.2HI/c2*3-1-2-4;;2*1-2;;/h2*1-4H2;;;;2*1H/q;;+2;;;;/p-2. The Morgan fingerprint density at radius 3 is 0.600 bits per heavy atom. The molecule has 11 heteroatoms. The molecule has 0 heterocycles. The molecule has 0 aromatic rings. The smallest absolute Gasteiger partial charge is 1.00 e. The van der Waals surface area contributed by atoms with Crippen molar-refractivity contribution >= 4 is 74.5 Å². The van der Waals surface area contributed by atoms with E-state index in [2.05, 4.69) is 74.5 Å². The van der Waals surface area contributed by atoms with E-state index in [4.69, 9.17) is 22.9 Å². The van der Waals surface area contributed by atoms with E-state index in [0.717, 1.165) is 0 Å². The van der Waals surface area contributed by atoms with Gasteiger partial charge in [0.1, 0.15) is 0 Å². The number of nitrogens with two attached hydrogens (primary N) is 4. The van der Waals surface area contributed by atoms with E-state index in [0.29, 0.717) is 26.2 Å². The van der Waals surface area contributed by atoms with Crippen LogP contribution in [-0.4, -0.2) is 26.2 Å². The molecule has 0 unspecified atom stereocenters. The molecule has 0 aromatic heterocycles. The van der Waals surface area contributed by atoms with Crippen LogP contribution in [0.25, 0.3) is 0 Å². The molecule has 0 saturated carbocycles. The maximum Gasteiger partial charge on any atom is 2.00 e.